The third-order valence-electron chi connectivity index (χ3n) is 3.34. The predicted octanol–water partition coefficient (Wildman–Crippen LogP) is 3.68. The summed E-state index contributed by atoms with van der Waals surface area (Å²) in [5.74, 6) is 0. The van der Waals surface area contributed by atoms with E-state index in [2.05, 4.69) is 4.90 Å². The number of rotatable bonds is 4. The van der Waals surface area contributed by atoms with Gasteiger partial charge >= 0.3 is 6.18 Å². The SMILES string of the molecule is FC(F)(F)C1=CC(OCCN2CCCC2)CC(I)=C1. The zero-order valence-electron chi connectivity index (χ0n) is 10.5. The summed E-state index contributed by atoms with van der Waals surface area (Å²) in [7, 11) is 0. The first-order valence-corrected chi connectivity index (χ1v) is 7.52. The van der Waals surface area contributed by atoms with Crippen molar-refractivity contribution in [2.45, 2.75) is 31.5 Å². The molecule has 1 fully saturated rings. The molecule has 6 heteroatoms. The van der Waals surface area contributed by atoms with Gasteiger partial charge in [0, 0.05) is 13.0 Å². The lowest BCUT2D eigenvalue weighted by molar-refractivity contribution is -0.0898. The zero-order valence-corrected chi connectivity index (χ0v) is 12.7. The summed E-state index contributed by atoms with van der Waals surface area (Å²) in [6, 6.07) is 0. The van der Waals surface area contributed by atoms with Crippen LogP contribution in [-0.4, -0.2) is 43.4 Å². The molecule has 1 aliphatic carbocycles. The van der Waals surface area contributed by atoms with Gasteiger partial charge in [0.1, 0.15) is 0 Å². The number of hydrogen-bond donors (Lipinski definition) is 0. The smallest absolute Gasteiger partial charge is 0.372 e. The summed E-state index contributed by atoms with van der Waals surface area (Å²) in [6.45, 7) is 3.46. The van der Waals surface area contributed by atoms with E-state index in [1.54, 1.807) is 0 Å². The van der Waals surface area contributed by atoms with Gasteiger partial charge in [-0.05, 0) is 64.3 Å². The van der Waals surface area contributed by atoms with Gasteiger partial charge in [0.2, 0.25) is 0 Å². The van der Waals surface area contributed by atoms with Crippen molar-refractivity contribution >= 4 is 22.6 Å². The highest BCUT2D eigenvalue weighted by molar-refractivity contribution is 14.1. The number of nitrogens with zero attached hydrogens (tertiary/aromatic N) is 1. The Hall–Kier alpha value is -0.0800. The molecule has 0 spiro atoms. The summed E-state index contributed by atoms with van der Waals surface area (Å²) < 4.78 is 44.3. The topological polar surface area (TPSA) is 12.5 Å². The molecule has 0 aromatic rings. The van der Waals surface area contributed by atoms with Crippen LogP contribution >= 0.6 is 22.6 Å². The van der Waals surface area contributed by atoms with E-state index >= 15 is 0 Å². The summed E-state index contributed by atoms with van der Waals surface area (Å²) >= 11 is 1.95. The van der Waals surface area contributed by atoms with Crippen LogP contribution in [0.5, 0.6) is 0 Å². The van der Waals surface area contributed by atoms with Crippen molar-refractivity contribution in [3.63, 3.8) is 0 Å². The number of halogens is 4. The van der Waals surface area contributed by atoms with Gasteiger partial charge in [0.05, 0.1) is 18.3 Å². The first-order valence-electron chi connectivity index (χ1n) is 6.44. The average molecular weight is 387 g/mol. The van der Waals surface area contributed by atoms with Gasteiger partial charge in [-0.15, -0.1) is 0 Å². The second kappa shape index (κ2) is 6.58. The highest BCUT2D eigenvalue weighted by Gasteiger charge is 2.34. The lowest BCUT2D eigenvalue weighted by atomic mass is 10.0. The van der Waals surface area contributed by atoms with Crippen LogP contribution in [0.15, 0.2) is 21.3 Å². The molecule has 0 aromatic heterocycles. The minimum absolute atomic E-state index is 0.448. The Morgan fingerprint density at radius 2 is 2.00 bits per heavy atom. The molecule has 2 rings (SSSR count). The largest absolute Gasteiger partial charge is 0.416 e. The molecule has 1 unspecified atom stereocenters. The average Bonchev–Trinajstić information content (AvgIpc) is 2.80. The van der Waals surface area contributed by atoms with E-state index in [9.17, 15) is 13.2 Å². The van der Waals surface area contributed by atoms with Crippen LogP contribution in [0.4, 0.5) is 13.2 Å². The molecule has 2 nitrogen and oxygen atoms in total. The third kappa shape index (κ3) is 4.75. The Bertz CT molecular complexity index is 373. The van der Waals surface area contributed by atoms with Crippen molar-refractivity contribution in [2.24, 2.45) is 0 Å². The second-order valence-corrected chi connectivity index (χ2v) is 6.26. The Labute approximate surface area is 124 Å². The van der Waals surface area contributed by atoms with Gasteiger partial charge in [0.15, 0.2) is 0 Å². The van der Waals surface area contributed by atoms with E-state index in [0.717, 1.165) is 19.6 Å². The number of allylic oxidation sites excluding steroid dienone is 2. The Morgan fingerprint density at radius 1 is 1.32 bits per heavy atom. The van der Waals surface area contributed by atoms with Crippen LogP contribution in [0.2, 0.25) is 0 Å². The Kier molecular flexibility index (Phi) is 5.30. The van der Waals surface area contributed by atoms with Crippen molar-refractivity contribution in [2.75, 3.05) is 26.2 Å². The van der Waals surface area contributed by atoms with Crippen LogP contribution < -0.4 is 0 Å². The quantitative estimate of drug-likeness (QED) is 0.683. The maximum Gasteiger partial charge on any atom is 0.416 e. The molecule has 1 atom stereocenters. The molecule has 0 bridgehead atoms. The van der Waals surface area contributed by atoms with Gasteiger partial charge in [-0.2, -0.15) is 13.2 Å². The van der Waals surface area contributed by atoms with Gasteiger partial charge in [-0.3, -0.25) is 0 Å². The molecule has 0 aromatic carbocycles. The van der Waals surface area contributed by atoms with E-state index in [-0.39, 0.29) is 0 Å². The molecule has 0 N–H and O–H groups in total. The molecule has 2 aliphatic rings. The van der Waals surface area contributed by atoms with E-state index in [1.807, 2.05) is 22.6 Å². The number of ether oxygens (including phenoxy) is 1. The molecule has 0 radical (unpaired) electrons. The van der Waals surface area contributed by atoms with Crippen LogP contribution in [0.3, 0.4) is 0 Å². The molecule has 0 saturated carbocycles. The van der Waals surface area contributed by atoms with Gasteiger partial charge in [0.25, 0.3) is 0 Å². The molecule has 1 aliphatic heterocycles. The zero-order chi connectivity index (χ0) is 13.9. The second-order valence-electron chi connectivity index (χ2n) is 4.87. The highest BCUT2D eigenvalue weighted by Crippen LogP contribution is 2.34. The summed E-state index contributed by atoms with van der Waals surface area (Å²) in [5.41, 5.74) is -0.589. The van der Waals surface area contributed by atoms with E-state index in [0.29, 0.717) is 16.6 Å². The normalized spacial score (nSPS) is 25.4. The molecule has 1 saturated heterocycles. The number of alkyl halides is 3. The van der Waals surface area contributed by atoms with Crippen LogP contribution in [0.1, 0.15) is 19.3 Å². The van der Waals surface area contributed by atoms with E-state index in [4.69, 9.17) is 4.74 Å². The van der Waals surface area contributed by atoms with Crippen molar-refractivity contribution in [3.05, 3.63) is 21.3 Å². The predicted molar refractivity (Wildman–Crippen MR) is 76.3 cm³/mol. The van der Waals surface area contributed by atoms with Crippen LogP contribution in [0.25, 0.3) is 0 Å². The fourth-order valence-electron chi connectivity index (χ4n) is 2.35. The highest BCUT2D eigenvalue weighted by atomic mass is 127. The van der Waals surface area contributed by atoms with Crippen LogP contribution in [-0.2, 0) is 4.74 Å². The maximum absolute atomic E-state index is 12.7. The van der Waals surface area contributed by atoms with Crippen LogP contribution in [0, 0.1) is 0 Å². The number of likely N-dealkylation sites (tertiary alicyclic amines) is 1. The van der Waals surface area contributed by atoms with Gasteiger partial charge < -0.3 is 9.64 Å². The van der Waals surface area contributed by atoms with Crippen molar-refractivity contribution in [1.82, 2.24) is 4.90 Å². The van der Waals surface area contributed by atoms with Gasteiger partial charge in [-0.25, -0.2) is 0 Å². The summed E-state index contributed by atoms with van der Waals surface area (Å²) in [5, 5.41) is 0. The Balaban J connectivity index is 1.83. The number of hydrogen-bond acceptors (Lipinski definition) is 2. The maximum atomic E-state index is 12.7. The summed E-state index contributed by atoms with van der Waals surface area (Å²) in [4.78, 5) is 2.29. The Morgan fingerprint density at radius 3 is 2.63 bits per heavy atom. The van der Waals surface area contributed by atoms with E-state index < -0.39 is 17.9 Å². The third-order valence-corrected chi connectivity index (χ3v) is 4.09. The monoisotopic (exact) mass is 387 g/mol. The lowest BCUT2D eigenvalue weighted by Gasteiger charge is -2.22. The van der Waals surface area contributed by atoms with Crippen molar-refractivity contribution in [3.8, 4) is 0 Å². The molecule has 0 amide bonds. The fourth-order valence-corrected chi connectivity index (χ4v) is 3.12. The lowest BCUT2D eigenvalue weighted by Crippen LogP contribution is -2.27. The molecule has 1 heterocycles. The van der Waals surface area contributed by atoms with Crippen molar-refractivity contribution < 1.29 is 17.9 Å². The summed E-state index contributed by atoms with van der Waals surface area (Å²) in [6.07, 6.45) is 0.626. The molecular weight excluding hydrogens is 370 g/mol. The first-order chi connectivity index (χ1) is 8.95. The minimum atomic E-state index is -4.28. The minimum Gasteiger partial charge on any atom is -0.372 e. The van der Waals surface area contributed by atoms with Gasteiger partial charge in [-0.1, -0.05) is 0 Å². The van der Waals surface area contributed by atoms with E-state index in [1.165, 1.54) is 25.0 Å². The van der Waals surface area contributed by atoms with Crippen molar-refractivity contribution in [1.29, 1.82) is 0 Å². The molecular formula is C13H17F3INO. The molecule has 19 heavy (non-hydrogen) atoms. The fraction of sp³-hybridized carbons (Fsp3) is 0.692. The first kappa shape index (κ1) is 15.3. The molecule has 108 valence electrons. The standard InChI is InChI=1S/C13H17F3INO/c14-13(15,16)10-7-11(17)9-12(8-10)19-6-5-18-3-1-2-4-18/h7-8,12H,1-6,9H2.